The van der Waals surface area contributed by atoms with Gasteiger partial charge in [0.25, 0.3) is 0 Å². The number of nitrogens with one attached hydrogen (secondary N) is 1. The molecule has 1 atom stereocenters. The number of amidine groups is 1. The lowest BCUT2D eigenvalue weighted by atomic mass is 10.2. The van der Waals surface area contributed by atoms with Crippen LogP contribution >= 0.6 is 0 Å². The molecule has 104 valence electrons. The third-order valence-corrected chi connectivity index (χ3v) is 3.98. The van der Waals surface area contributed by atoms with Crippen molar-refractivity contribution in [2.75, 3.05) is 45.9 Å². The topological polar surface area (TPSA) is 65.6 Å². The quantitative estimate of drug-likeness (QED) is 0.411. The van der Waals surface area contributed by atoms with Crippen molar-refractivity contribution in [2.24, 2.45) is 5.73 Å². The van der Waals surface area contributed by atoms with Crippen molar-refractivity contribution >= 4 is 5.84 Å². The van der Waals surface area contributed by atoms with Crippen LogP contribution in [0.4, 0.5) is 0 Å². The van der Waals surface area contributed by atoms with Crippen molar-refractivity contribution in [3.8, 4) is 0 Å². The molecule has 2 fully saturated rings. The number of unbranched alkanes of at least 4 members (excludes halogenated alkanes) is 1. The predicted molar refractivity (Wildman–Crippen MR) is 73.0 cm³/mol. The fourth-order valence-corrected chi connectivity index (χ4v) is 2.91. The van der Waals surface area contributed by atoms with Gasteiger partial charge in [-0.2, -0.15) is 0 Å². The highest BCUT2D eigenvalue weighted by molar-refractivity contribution is 5.76. The number of hydrogen-bond acceptors (Lipinski definition) is 4. The molecule has 2 saturated heterocycles. The average Bonchev–Trinajstić information content (AvgIpc) is 2.84. The second kappa shape index (κ2) is 7.07. The maximum Gasteiger partial charge on any atom is 0.0905 e. The molecule has 18 heavy (non-hydrogen) atoms. The second-order valence-electron chi connectivity index (χ2n) is 5.37. The summed E-state index contributed by atoms with van der Waals surface area (Å²) in [6.45, 7) is 7.59. The Morgan fingerprint density at radius 3 is 2.72 bits per heavy atom. The van der Waals surface area contributed by atoms with Crippen LogP contribution in [0.2, 0.25) is 0 Å². The summed E-state index contributed by atoms with van der Waals surface area (Å²) in [4.78, 5) is 5.14. The van der Waals surface area contributed by atoms with Gasteiger partial charge in [0.05, 0.1) is 19.0 Å². The molecule has 0 spiro atoms. The molecule has 3 N–H and O–H groups in total. The number of hydrogen-bond donors (Lipinski definition) is 2. The Labute approximate surface area is 110 Å². The maximum atomic E-state index is 7.19. The van der Waals surface area contributed by atoms with Gasteiger partial charge in [0, 0.05) is 32.1 Å². The summed E-state index contributed by atoms with van der Waals surface area (Å²) in [6.07, 6.45) is 4.26. The van der Waals surface area contributed by atoms with Gasteiger partial charge in [-0.05, 0) is 32.4 Å². The summed E-state index contributed by atoms with van der Waals surface area (Å²) in [7, 11) is 0. The van der Waals surface area contributed by atoms with Gasteiger partial charge in [-0.15, -0.1) is 0 Å². The highest BCUT2D eigenvalue weighted by atomic mass is 16.5. The highest BCUT2D eigenvalue weighted by Gasteiger charge is 2.28. The predicted octanol–water partition coefficient (Wildman–Crippen LogP) is 0.499. The number of morpholine rings is 1. The molecular formula is C13H26N4O. The Balaban J connectivity index is 1.60. The number of nitrogens with zero attached hydrogens (tertiary/aromatic N) is 2. The molecule has 2 aliphatic heterocycles. The van der Waals surface area contributed by atoms with Gasteiger partial charge in [-0.25, -0.2) is 0 Å². The van der Waals surface area contributed by atoms with Crippen molar-refractivity contribution in [3.05, 3.63) is 0 Å². The van der Waals surface area contributed by atoms with E-state index in [1.165, 1.54) is 19.5 Å². The zero-order chi connectivity index (χ0) is 12.8. The van der Waals surface area contributed by atoms with Gasteiger partial charge >= 0.3 is 0 Å². The zero-order valence-corrected chi connectivity index (χ0v) is 11.2. The summed E-state index contributed by atoms with van der Waals surface area (Å²) in [5.41, 5.74) is 5.36. The molecule has 5 heteroatoms. The first-order chi connectivity index (χ1) is 8.75. The molecule has 0 aromatic heterocycles. The van der Waals surface area contributed by atoms with Crippen molar-refractivity contribution < 1.29 is 4.74 Å². The van der Waals surface area contributed by atoms with Crippen molar-refractivity contribution in [3.63, 3.8) is 0 Å². The van der Waals surface area contributed by atoms with Crippen LogP contribution in [0.25, 0.3) is 0 Å². The van der Waals surface area contributed by atoms with Crippen LogP contribution in [0, 0.1) is 5.41 Å². The fraction of sp³-hybridized carbons (Fsp3) is 0.923. The van der Waals surface area contributed by atoms with Gasteiger partial charge < -0.3 is 15.4 Å². The molecule has 0 bridgehead atoms. The summed E-state index contributed by atoms with van der Waals surface area (Å²) in [5, 5.41) is 7.19. The minimum Gasteiger partial charge on any atom is -0.388 e. The summed E-state index contributed by atoms with van der Waals surface area (Å²) >= 11 is 0. The molecule has 2 rings (SSSR count). The van der Waals surface area contributed by atoms with E-state index in [1.54, 1.807) is 0 Å². The minimum absolute atomic E-state index is 0.322. The van der Waals surface area contributed by atoms with Crippen LogP contribution in [-0.2, 0) is 4.74 Å². The van der Waals surface area contributed by atoms with Gasteiger partial charge in [-0.1, -0.05) is 0 Å². The van der Waals surface area contributed by atoms with Gasteiger partial charge in [0.1, 0.15) is 0 Å². The molecule has 1 unspecified atom stereocenters. The molecule has 0 saturated carbocycles. The number of nitrogens with two attached hydrogens (primary N) is 1. The van der Waals surface area contributed by atoms with Gasteiger partial charge in [-0.3, -0.25) is 10.3 Å². The lowest BCUT2D eigenvalue weighted by molar-refractivity contribution is 0.0185. The molecule has 2 heterocycles. The van der Waals surface area contributed by atoms with E-state index in [-0.39, 0.29) is 0 Å². The normalized spacial score (nSPS) is 26.6. The van der Waals surface area contributed by atoms with Gasteiger partial charge in [0.15, 0.2) is 0 Å². The molecular weight excluding hydrogens is 228 g/mol. The van der Waals surface area contributed by atoms with Crippen LogP contribution in [-0.4, -0.2) is 67.6 Å². The standard InChI is InChI=1S/C13H26N4O/c14-13(15)3-1-2-5-16-6-4-12(11-16)17-7-9-18-10-8-17/h12H,1-11H2,(H3,14,15). The van der Waals surface area contributed by atoms with E-state index in [9.17, 15) is 0 Å². The van der Waals surface area contributed by atoms with Crippen LogP contribution in [0.5, 0.6) is 0 Å². The number of ether oxygens (including phenoxy) is 1. The first-order valence-corrected chi connectivity index (χ1v) is 7.13. The van der Waals surface area contributed by atoms with Crippen molar-refractivity contribution in [2.45, 2.75) is 31.7 Å². The molecule has 0 aromatic rings. The molecule has 0 amide bonds. The molecule has 2 aliphatic rings. The van der Waals surface area contributed by atoms with E-state index >= 15 is 0 Å². The van der Waals surface area contributed by atoms with Crippen molar-refractivity contribution in [1.82, 2.24) is 9.80 Å². The highest BCUT2D eigenvalue weighted by Crippen LogP contribution is 2.17. The zero-order valence-electron chi connectivity index (χ0n) is 11.2. The van der Waals surface area contributed by atoms with E-state index in [0.717, 1.165) is 58.2 Å². The van der Waals surface area contributed by atoms with Gasteiger partial charge in [0.2, 0.25) is 0 Å². The Kier molecular flexibility index (Phi) is 5.41. The summed E-state index contributed by atoms with van der Waals surface area (Å²) in [5.74, 6) is 0.322. The van der Waals surface area contributed by atoms with E-state index in [0.29, 0.717) is 5.84 Å². The van der Waals surface area contributed by atoms with E-state index in [2.05, 4.69) is 9.80 Å². The lowest BCUT2D eigenvalue weighted by Crippen LogP contribution is -2.44. The summed E-state index contributed by atoms with van der Waals surface area (Å²) < 4.78 is 5.40. The third-order valence-electron chi connectivity index (χ3n) is 3.98. The lowest BCUT2D eigenvalue weighted by Gasteiger charge is -2.32. The van der Waals surface area contributed by atoms with Crippen molar-refractivity contribution in [1.29, 1.82) is 5.41 Å². The van der Waals surface area contributed by atoms with E-state index in [1.807, 2.05) is 0 Å². The molecule has 5 nitrogen and oxygen atoms in total. The number of likely N-dealkylation sites (tertiary alicyclic amines) is 1. The number of rotatable bonds is 6. The van der Waals surface area contributed by atoms with Crippen LogP contribution in [0.15, 0.2) is 0 Å². The van der Waals surface area contributed by atoms with E-state index < -0.39 is 0 Å². The Morgan fingerprint density at radius 2 is 2.00 bits per heavy atom. The van der Waals surface area contributed by atoms with Crippen LogP contribution in [0.3, 0.4) is 0 Å². The smallest absolute Gasteiger partial charge is 0.0905 e. The first-order valence-electron chi connectivity index (χ1n) is 7.13. The Bertz CT molecular complexity index is 266. The van der Waals surface area contributed by atoms with E-state index in [4.69, 9.17) is 15.9 Å². The first kappa shape index (κ1) is 13.8. The SMILES string of the molecule is N=C(N)CCCCN1CCC(N2CCOCC2)C1. The average molecular weight is 254 g/mol. The Morgan fingerprint density at radius 1 is 1.22 bits per heavy atom. The molecule has 0 aromatic carbocycles. The Hall–Kier alpha value is -0.650. The maximum absolute atomic E-state index is 7.19. The van der Waals surface area contributed by atoms with Crippen LogP contribution in [0.1, 0.15) is 25.7 Å². The minimum atomic E-state index is 0.322. The molecule has 0 aliphatic carbocycles. The van der Waals surface area contributed by atoms with Crippen LogP contribution < -0.4 is 5.73 Å². The fourth-order valence-electron chi connectivity index (χ4n) is 2.91. The third kappa shape index (κ3) is 4.23. The monoisotopic (exact) mass is 254 g/mol. The largest absolute Gasteiger partial charge is 0.388 e. The summed E-state index contributed by atoms with van der Waals surface area (Å²) in [6, 6.07) is 0.738. The molecule has 0 radical (unpaired) electrons. The second-order valence-corrected chi connectivity index (χ2v) is 5.37.